The molecule has 174 valence electrons. The summed E-state index contributed by atoms with van der Waals surface area (Å²) < 4.78 is 48.5. The van der Waals surface area contributed by atoms with Crippen molar-refractivity contribution in [1.82, 2.24) is 9.97 Å². The number of hydrogen-bond acceptors (Lipinski definition) is 7. The summed E-state index contributed by atoms with van der Waals surface area (Å²) in [6, 6.07) is 10.1. The molecule has 0 unspecified atom stereocenters. The smallest absolute Gasteiger partial charge is 0.408 e. The zero-order chi connectivity index (χ0) is 23.6. The lowest BCUT2D eigenvalue weighted by Crippen LogP contribution is -2.31. The van der Waals surface area contributed by atoms with Crippen molar-refractivity contribution >= 4 is 27.6 Å². The normalized spacial score (nSPS) is 12.9. The second kappa shape index (κ2) is 9.38. The Balaban J connectivity index is 1.45. The van der Waals surface area contributed by atoms with E-state index in [1.807, 2.05) is 6.07 Å². The summed E-state index contributed by atoms with van der Waals surface area (Å²) in [6.45, 7) is 0.673. The average Bonchev–Trinajstić information content (AvgIpc) is 3.34. The van der Waals surface area contributed by atoms with E-state index in [2.05, 4.69) is 15.3 Å². The van der Waals surface area contributed by atoms with E-state index in [4.69, 9.17) is 14.9 Å². The van der Waals surface area contributed by atoms with Crippen molar-refractivity contribution in [2.75, 3.05) is 19.0 Å². The highest BCUT2D eigenvalue weighted by Crippen LogP contribution is 2.35. The molecule has 0 fully saturated rings. The summed E-state index contributed by atoms with van der Waals surface area (Å²) >= 11 is 1.41. The number of hydrogen-bond donors (Lipinski definition) is 3. The van der Waals surface area contributed by atoms with E-state index in [-0.39, 0.29) is 6.04 Å². The van der Waals surface area contributed by atoms with E-state index in [1.165, 1.54) is 23.5 Å². The molecular formula is C22H21F3N4O3S. The number of aromatic nitrogens is 2. The minimum absolute atomic E-state index is 0.292. The average molecular weight is 478 g/mol. The zero-order valence-corrected chi connectivity index (χ0v) is 18.3. The monoisotopic (exact) mass is 478 g/mol. The van der Waals surface area contributed by atoms with Crippen LogP contribution in [0.5, 0.6) is 0 Å². The van der Waals surface area contributed by atoms with Crippen molar-refractivity contribution in [3.8, 4) is 10.4 Å². The zero-order valence-electron chi connectivity index (χ0n) is 17.5. The molecule has 4 aromatic rings. The second-order valence-corrected chi connectivity index (χ2v) is 8.49. The van der Waals surface area contributed by atoms with E-state index in [1.54, 1.807) is 19.2 Å². The number of rotatable bonds is 8. The number of ether oxygens (including phenoxy) is 1. The molecule has 0 radical (unpaired) electrons. The first-order chi connectivity index (χ1) is 15.7. The van der Waals surface area contributed by atoms with Gasteiger partial charge in [-0.1, -0.05) is 29.5 Å². The topological polar surface area (TPSA) is 106 Å². The Morgan fingerprint density at radius 3 is 2.70 bits per heavy atom. The van der Waals surface area contributed by atoms with E-state index >= 15 is 0 Å². The molecule has 0 saturated heterocycles. The highest BCUT2D eigenvalue weighted by Gasteiger charge is 2.30. The fourth-order valence-corrected chi connectivity index (χ4v) is 4.37. The first kappa shape index (κ1) is 23.0. The quantitative estimate of drug-likeness (QED) is 0.347. The first-order valence-electron chi connectivity index (χ1n) is 10.0. The third-order valence-corrected chi connectivity index (χ3v) is 6.06. The second-order valence-electron chi connectivity index (χ2n) is 7.49. The number of anilines is 1. The molecule has 2 aromatic carbocycles. The van der Waals surface area contributed by atoms with Crippen LogP contribution >= 0.6 is 11.3 Å². The van der Waals surface area contributed by atoms with Crippen LogP contribution in [0.3, 0.4) is 0 Å². The van der Waals surface area contributed by atoms with Crippen molar-refractivity contribution < 1.29 is 22.3 Å². The molecule has 1 atom stereocenters. The fourth-order valence-electron chi connectivity index (χ4n) is 3.40. The van der Waals surface area contributed by atoms with E-state index in [0.29, 0.717) is 35.8 Å². The summed E-state index contributed by atoms with van der Waals surface area (Å²) in [4.78, 5) is 19.5. The van der Waals surface area contributed by atoms with Crippen LogP contribution in [-0.2, 0) is 23.9 Å². The largest absolute Gasteiger partial charge is 0.417 e. The number of fused-ring (bicyclic) bond motifs is 1. The minimum atomic E-state index is -4.36. The number of halogens is 3. The standard InChI is InChI=1S/C22H21F3N4O3S/c1-31-11-17-19(13-4-7-16-18(9-13)32-21(30)29-16)33-20(28-17)27-10-15(26)8-12-2-5-14(6-3-12)22(23,24)25/h2-7,9,15H,8,10-11,26H2,1H3,(H,27,28)(H,29,30)/t15-/m1/s1. The molecule has 11 heteroatoms. The van der Waals surface area contributed by atoms with Gasteiger partial charge in [-0.05, 0) is 41.8 Å². The van der Waals surface area contributed by atoms with Crippen LogP contribution in [0, 0.1) is 0 Å². The van der Waals surface area contributed by atoms with Crippen molar-refractivity contribution in [1.29, 1.82) is 0 Å². The maximum Gasteiger partial charge on any atom is 0.417 e. The molecule has 0 aliphatic rings. The van der Waals surface area contributed by atoms with E-state index in [9.17, 15) is 18.0 Å². The molecule has 0 aliphatic heterocycles. The van der Waals surface area contributed by atoms with Crippen LogP contribution in [0.25, 0.3) is 21.5 Å². The van der Waals surface area contributed by atoms with Crippen molar-refractivity contribution in [2.45, 2.75) is 25.2 Å². The summed E-state index contributed by atoms with van der Waals surface area (Å²) in [6.07, 6.45) is -3.95. The lowest BCUT2D eigenvalue weighted by atomic mass is 10.0. The van der Waals surface area contributed by atoms with Gasteiger partial charge in [-0.15, -0.1) is 0 Å². The van der Waals surface area contributed by atoms with Gasteiger partial charge < -0.3 is 20.2 Å². The number of oxazole rings is 1. The Labute approximate surface area is 190 Å². The van der Waals surface area contributed by atoms with Gasteiger partial charge in [-0.3, -0.25) is 4.98 Å². The predicted molar refractivity (Wildman–Crippen MR) is 120 cm³/mol. The van der Waals surface area contributed by atoms with Crippen molar-refractivity contribution in [2.24, 2.45) is 5.73 Å². The molecule has 2 heterocycles. The molecule has 2 aromatic heterocycles. The number of thiazole rings is 1. The molecule has 7 nitrogen and oxygen atoms in total. The van der Waals surface area contributed by atoms with E-state index in [0.717, 1.165) is 33.8 Å². The molecule has 4 N–H and O–H groups in total. The molecule has 33 heavy (non-hydrogen) atoms. The summed E-state index contributed by atoms with van der Waals surface area (Å²) in [5.74, 6) is -0.520. The SMILES string of the molecule is COCc1nc(NC[C@H](N)Cc2ccc(C(F)(F)F)cc2)sc1-c1ccc2[nH]c(=O)oc2c1. The number of aromatic amines is 1. The molecule has 0 spiro atoms. The first-order valence-corrected chi connectivity index (χ1v) is 10.8. The van der Waals surface area contributed by atoms with Crippen LogP contribution in [0.4, 0.5) is 18.3 Å². The number of nitrogens with two attached hydrogens (primary N) is 1. The Kier molecular flexibility index (Phi) is 6.54. The van der Waals surface area contributed by atoms with Crippen LogP contribution in [0.1, 0.15) is 16.8 Å². The minimum Gasteiger partial charge on any atom is -0.408 e. The van der Waals surface area contributed by atoms with Gasteiger partial charge in [-0.2, -0.15) is 13.2 Å². The Hall–Kier alpha value is -3.15. The van der Waals surface area contributed by atoms with Gasteiger partial charge in [0.15, 0.2) is 10.7 Å². The lowest BCUT2D eigenvalue weighted by molar-refractivity contribution is -0.137. The Bertz CT molecular complexity index is 1290. The third kappa shape index (κ3) is 5.44. The number of nitrogens with one attached hydrogen (secondary N) is 2. The number of methoxy groups -OCH3 is 1. The molecule has 0 saturated carbocycles. The van der Waals surface area contributed by atoms with Crippen LogP contribution in [0.15, 0.2) is 51.7 Å². The summed E-state index contributed by atoms with van der Waals surface area (Å²) in [7, 11) is 1.57. The van der Waals surface area contributed by atoms with Crippen LogP contribution in [-0.4, -0.2) is 29.7 Å². The number of nitrogens with zero attached hydrogens (tertiary/aromatic N) is 1. The van der Waals surface area contributed by atoms with Gasteiger partial charge in [0.1, 0.15) is 0 Å². The predicted octanol–water partition coefficient (Wildman–Crippen LogP) is 4.39. The highest BCUT2D eigenvalue weighted by atomic mass is 32.1. The Morgan fingerprint density at radius 1 is 1.24 bits per heavy atom. The Morgan fingerprint density at radius 2 is 2.00 bits per heavy atom. The molecule has 0 amide bonds. The molecular weight excluding hydrogens is 457 g/mol. The van der Waals surface area contributed by atoms with Gasteiger partial charge in [0.05, 0.1) is 28.3 Å². The number of benzene rings is 2. The summed E-state index contributed by atoms with van der Waals surface area (Å²) in [5.41, 5.74) is 8.82. The van der Waals surface area contributed by atoms with Gasteiger partial charge in [0.25, 0.3) is 0 Å². The highest BCUT2D eigenvalue weighted by molar-refractivity contribution is 7.19. The lowest BCUT2D eigenvalue weighted by Gasteiger charge is -2.13. The number of alkyl halides is 3. The number of H-pyrrole nitrogens is 1. The van der Waals surface area contributed by atoms with Crippen LogP contribution in [0.2, 0.25) is 0 Å². The molecule has 4 rings (SSSR count). The van der Waals surface area contributed by atoms with Gasteiger partial charge in [0, 0.05) is 19.7 Å². The third-order valence-electron chi connectivity index (χ3n) is 4.96. The van der Waals surface area contributed by atoms with E-state index < -0.39 is 17.5 Å². The van der Waals surface area contributed by atoms with Crippen LogP contribution < -0.4 is 16.8 Å². The van der Waals surface area contributed by atoms with Gasteiger partial charge in [0.2, 0.25) is 0 Å². The summed E-state index contributed by atoms with van der Waals surface area (Å²) in [5, 5.41) is 3.83. The van der Waals surface area contributed by atoms with Crippen molar-refractivity contribution in [3.63, 3.8) is 0 Å². The van der Waals surface area contributed by atoms with Gasteiger partial charge >= 0.3 is 11.9 Å². The van der Waals surface area contributed by atoms with Crippen molar-refractivity contribution in [3.05, 3.63) is 69.8 Å². The maximum absolute atomic E-state index is 12.7. The maximum atomic E-state index is 12.7. The molecule has 0 bridgehead atoms. The van der Waals surface area contributed by atoms with Gasteiger partial charge in [-0.25, -0.2) is 9.78 Å². The molecule has 0 aliphatic carbocycles. The fraction of sp³-hybridized carbons (Fsp3) is 0.273.